The number of hydrogen-bond donors (Lipinski definition) is 2. The molecule has 0 atom stereocenters. The Labute approximate surface area is 330 Å². The molecule has 52 heavy (non-hydrogen) atoms. The Balaban J connectivity index is 0.000000224. The number of halogens is 2. The number of carbonyl (C=O) groups is 2. The zero-order valence-electron chi connectivity index (χ0n) is 31.6. The van der Waals surface area contributed by atoms with E-state index in [1.807, 2.05) is 0 Å². The first-order valence-corrected chi connectivity index (χ1v) is 24.0. The molecule has 1 radical (unpaired) electrons. The molecule has 0 aliphatic carbocycles. The molecule has 0 aromatic heterocycles. The van der Waals surface area contributed by atoms with Gasteiger partial charge in [0.1, 0.15) is 0 Å². The third kappa shape index (κ3) is 12.3. The Morgan fingerprint density at radius 2 is 0.962 bits per heavy atom. The average molecular weight is 812 g/mol. The van der Waals surface area contributed by atoms with Crippen LogP contribution < -0.4 is 10.5 Å². The Hall–Kier alpha value is -3.43. The Kier molecular flexibility index (Phi) is 18.1. The summed E-state index contributed by atoms with van der Waals surface area (Å²) in [5.74, 6) is 1.40. The van der Waals surface area contributed by atoms with Crippen molar-refractivity contribution in [3.05, 3.63) is 130 Å². The zero-order valence-corrected chi connectivity index (χ0v) is 35.6. The first-order valence-electron chi connectivity index (χ1n) is 17.6. The second-order valence-corrected chi connectivity index (χ2v) is 17.6. The summed E-state index contributed by atoms with van der Waals surface area (Å²) in [6, 6.07) is 36.0. The monoisotopic (exact) mass is 809 g/mol. The quantitative estimate of drug-likeness (QED) is 0.0627. The van der Waals surface area contributed by atoms with Gasteiger partial charge in [-0.3, -0.25) is 9.59 Å². The number of hydrogen-bond acceptors (Lipinski definition) is 2. The topological polar surface area (TPSA) is 58.2 Å². The van der Waals surface area contributed by atoms with E-state index in [1.54, 1.807) is 0 Å². The Bertz CT molecular complexity index is 1890. The summed E-state index contributed by atoms with van der Waals surface area (Å²) < 4.78 is 0. The van der Waals surface area contributed by atoms with Crippen LogP contribution in [0.3, 0.4) is 0 Å². The van der Waals surface area contributed by atoms with Gasteiger partial charge in [-0.15, -0.1) is 69.1 Å². The summed E-state index contributed by atoms with van der Waals surface area (Å²) in [4.78, 5) is 18.8. The molecular weight excluding hydrogens is 761 g/mol. The van der Waals surface area contributed by atoms with Crippen molar-refractivity contribution in [1.29, 1.82) is 0 Å². The van der Waals surface area contributed by atoms with Crippen molar-refractivity contribution in [2.24, 2.45) is 11.8 Å². The van der Waals surface area contributed by atoms with E-state index in [1.165, 1.54) is 77.2 Å². The molecule has 0 heterocycles. The van der Waals surface area contributed by atoms with Gasteiger partial charge in [0.15, 0.2) is 12.8 Å². The molecule has 6 rings (SSSR count). The second-order valence-electron chi connectivity index (χ2n) is 13.8. The van der Waals surface area contributed by atoms with Crippen LogP contribution in [0, 0.1) is 39.5 Å². The van der Waals surface area contributed by atoms with Crippen LogP contribution in [0.4, 0.5) is 0 Å². The minimum absolute atomic E-state index is 0.455. The molecule has 0 aliphatic rings. The predicted octanol–water partition coefficient (Wildman–Crippen LogP) is 11.5. The second kappa shape index (κ2) is 21.9. The van der Waals surface area contributed by atoms with E-state index in [9.17, 15) is 9.59 Å². The van der Waals surface area contributed by atoms with Crippen molar-refractivity contribution < 1.29 is 30.4 Å². The van der Waals surface area contributed by atoms with Gasteiger partial charge in [0, 0.05) is 0 Å². The van der Waals surface area contributed by atoms with Crippen molar-refractivity contribution in [2.75, 3.05) is 0 Å². The molecule has 2 amide bonds. The van der Waals surface area contributed by atoms with Crippen molar-refractivity contribution in [2.45, 2.75) is 68.2 Å². The van der Waals surface area contributed by atoms with E-state index >= 15 is 0 Å². The fourth-order valence-corrected chi connectivity index (χ4v) is 6.44. The van der Waals surface area contributed by atoms with Crippen LogP contribution in [0.2, 0.25) is 0 Å². The molecular formula is C44H50BCl2N2O2Zr. The van der Waals surface area contributed by atoms with Crippen LogP contribution in [0.15, 0.2) is 97.1 Å². The van der Waals surface area contributed by atoms with Crippen LogP contribution in [-0.4, -0.2) is 20.4 Å². The third-order valence-electron chi connectivity index (χ3n) is 9.00. The van der Waals surface area contributed by atoms with Crippen LogP contribution >= 0.6 is 17.0 Å². The number of amides is 2. The molecule has 2 N–H and O–H groups in total. The van der Waals surface area contributed by atoms with E-state index in [0.717, 1.165) is 20.4 Å². The summed E-state index contributed by atoms with van der Waals surface area (Å²) in [5.41, 5.74) is 13.9. The normalized spacial score (nSPS) is 10.3. The summed E-state index contributed by atoms with van der Waals surface area (Å²) in [5, 5.41) is 9.71. The number of carbonyl (C=O) groups excluding carboxylic acids is 2. The molecule has 4 nitrogen and oxygen atoms in total. The minimum atomic E-state index is -0.826. The molecule has 6 aromatic rings. The van der Waals surface area contributed by atoms with Crippen LogP contribution in [0.5, 0.6) is 0 Å². The number of fused-ring (bicyclic) bond motifs is 2. The van der Waals surface area contributed by atoms with Gasteiger partial charge < -0.3 is 10.5 Å². The Morgan fingerprint density at radius 3 is 1.31 bits per heavy atom. The molecule has 0 unspecified atom stereocenters. The summed E-state index contributed by atoms with van der Waals surface area (Å²) >= 11 is -0.826. The maximum atomic E-state index is 9.38. The first-order chi connectivity index (χ1) is 24.9. The van der Waals surface area contributed by atoms with E-state index in [2.05, 4.69) is 163 Å². The van der Waals surface area contributed by atoms with Crippen LogP contribution in [0.1, 0.15) is 61.1 Å². The maximum absolute atomic E-state index is 9.38. The van der Waals surface area contributed by atoms with Crippen molar-refractivity contribution in [1.82, 2.24) is 10.5 Å². The Morgan fingerprint density at radius 1 is 0.615 bits per heavy atom. The van der Waals surface area contributed by atoms with Gasteiger partial charge in [-0.05, 0) is 85.8 Å². The molecule has 6 aromatic carbocycles. The summed E-state index contributed by atoms with van der Waals surface area (Å²) in [6.45, 7) is 17.9. The van der Waals surface area contributed by atoms with Crippen LogP contribution in [0.25, 0.3) is 43.8 Å². The molecule has 0 fully saturated rings. The first kappa shape index (κ1) is 43.0. The van der Waals surface area contributed by atoms with Crippen molar-refractivity contribution in [3.8, 4) is 22.3 Å². The number of benzene rings is 4. The number of aryl methyl sites for hydroxylation is 2. The number of nitrogens with one attached hydrogen (secondary N) is 2. The van der Waals surface area contributed by atoms with Gasteiger partial charge >= 0.3 is 45.4 Å². The standard InChI is InChI=1S/2C21H23.C2H4BN2O2.2ClH.Zr/c2*1-14(2)11-17-12-18-8-6-10-20(21(18)13-17)19-9-5-7-15(3)16(19)4;6-1-4-3-5-2-7;;;/h2*5-10,12-14H,11H2,1-4H3;1-2H,(H,4,6)(H,5,7);2*1H;/q2*-1;;;;+4/p-2. The average Bonchev–Trinajstić information content (AvgIpc) is 3.71. The summed E-state index contributed by atoms with van der Waals surface area (Å²) in [7, 11) is 11.0. The molecule has 0 spiro atoms. The molecule has 0 saturated heterocycles. The number of rotatable bonds is 10. The molecule has 8 heteroatoms. The fraction of sp³-hybridized carbons (Fsp3) is 0.273. The molecule has 0 saturated carbocycles. The molecule has 0 bridgehead atoms. The van der Waals surface area contributed by atoms with Gasteiger partial charge in [0.25, 0.3) is 0 Å². The SMILES string of the molecule is Cc1cccc(-c2cccc3[cH-]c(CC(C)C)cc23)c1C.Cc1cccc(-c2cccc3[cH-]c(CC(C)C)cc23)c1C.O=CN[B]NC=O.[Cl][Zr+2][Cl]. The van der Waals surface area contributed by atoms with Gasteiger partial charge in [-0.1, -0.05) is 87.4 Å². The van der Waals surface area contributed by atoms with Gasteiger partial charge in [0.2, 0.25) is 0 Å². The van der Waals surface area contributed by atoms with Crippen molar-refractivity contribution in [3.63, 3.8) is 0 Å². The van der Waals surface area contributed by atoms with E-state index < -0.39 is 20.8 Å². The van der Waals surface area contributed by atoms with Crippen molar-refractivity contribution >= 4 is 58.9 Å². The van der Waals surface area contributed by atoms with Crippen LogP contribution in [-0.2, 0) is 43.3 Å². The fourth-order valence-electron chi connectivity index (χ4n) is 6.44. The van der Waals surface area contributed by atoms with E-state index in [0.29, 0.717) is 24.7 Å². The van der Waals surface area contributed by atoms with E-state index in [4.69, 9.17) is 17.0 Å². The zero-order chi connectivity index (χ0) is 38.2. The third-order valence-corrected chi connectivity index (χ3v) is 9.00. The van der Waals surface area contributed by atoms with Gasteiger partial charge in [-0.25, -0.2) is 0 Å². The summed E-state index contributed by atoms with van der Waals surface area (Å²) in [6.07, 6.45) is 3.22. The van der Waals surface area contributed by atoms with Gasteiger partial charge in [-0.2, -0.15) is 12.1 Å². The molecule has 269 valence electrons. The van der Waals surface area contributed by atoms with Gasteiger partial charge in [0.05, 0.1) is 0 Å². The molecule has 0 aliphatic heterocycles. The van der Waals surface area contributed by atoms with E-state index in [-0.39, 0.29) is 0 Å². The predicted molar refractivity (Wildman–Crippen MR) is 222 cm³/mol.